The van der Waals surface area contributed by atoms with Crippen molar-refractivity contribution in [2.45, 2.75) is 13.2 Å². The van der Waals surface area contributed by atoms with Gasteiger partial charge in [-0.05, 0) is 29.0 Å². The van der Waals surface area contributed by atoms with Gasteiger partial charge >= 0.3 is 11.1 Å². The van der Waals surface area contributed by atoms with Crippen LogP contribution in [0.25, 0.3) is 10.2 Å². The molecule has 0 aliphatic heterocycles. The molecule has 1 aromatic heterocycles. The van der Waals surface area contributed by atoms with Crippen molar-refractivity contribution in [1.82, 2.24) is 0 Å². The van der Waals surface area contributed by atoms with Crippen molar-refractivity contribution in [1.29, 1.82) is 0 Å². The van der Waals surface area contributed by atoms with Crippen LogP contribution in [-0.2, 0) is 22.7 Å². The van der Waals surface area contributed by atoms with Crippen LogP contribution in [0.1, 0.15) is 5.56 Å². The van der Waals surface area contributed by atoms with Gasteiger partial charge in [0.15, 0.2) is 6.54 Å². The van der Waals surface area contributed by atoms with Crippen LogP contribution in [0.15, 0.2) is 54.6 Å². The van der Waals surface area contributed by atoms with Crippen LogP contribution >= 0.6 is 11.3 Å². The molecular formula is C16H15N2O2S+. The molecule has 0 fully saturated rings. The van der Waals surface area contributed by atoms with Gasteiger partial charge in [0.2, 0.25) is 0 Å². The van der Waals surface area contributed by atoms with Crippen LogP contribution in [0.4, 0.5) is 5.13 Å². The average molecular weight is 299 g/mol. The van der Waals surface area contributed by atoms with Crippen molar-refractivity contribution >= 4 is 32.7 Å². The Labute approximate surface area is 126 Å². The molecule has 0 spiro atoms. The number of nitrogens with zero attached hydrogens (tertiary/aromatic N) is 1. The lowest BCUT2D eigenvalue weighted by Crippen LogP contribution is -2.39. The van der Waals surface area contributed by atoms with Gasteiger partial charge in [0.05, 0.1) is 4.70 Å². The predicted octanol–water partition coefficient (Wildman–Crippen LogP) is 2.51. The van der Waals surface area contributed by atoms with Gasteiger partial charge in [-0.3, -0.25) is 5.73 Å². The Bertz CT molecular complexity index is 768. The molecule has 0 atom stereocenters. The van der Waals surface area contributed by atoms with E-state index < -0.39 is 0 Å². The number of nitrogens with two attached hydrogens (primary N) is 1. The largest absolute Gasteiger partial charge is 0.458 e. The van der Waals surface area contributed by atoms with Crippen LogP contribution in [0.5, 0.6) is 0 Å². The summed E-state index contributed by atoms with van der Waals surface area (Å²) in [6, 6.07) is 17.4. The molecule has 3 aromatic rings. The highest BCUT2D eigenvalue weighted by molar-refractivity contribution is 7.21. The molecule has 0 amide bonds. The molecule has 0 saturated carbocycles. The Balaban J connectivity index is 1.70. The number of ether oxygens (including phenoxy) is 1. The minimum absolute atomic E-state index is 0.128. The van der Waals surface area contributed by atoms with E-state index in [9.17, 15) is 4.79 Å². The number of anilines is 1. The smallest absolute Gasteiger partial charge is 0.348 e. The first kappa shape index (κ1) is 13.6. The Morgan fingerprint density at radius 2 is 1.81 bits per heavy atom. The Morgan fingerprint density at radius 3 is 2.62 bits per heavy atom. The van der Waals surface area contributed by atoms with Gasteiger partial charge in [0.25, 0.3) is 0 Å². The van der Waals surface area contributed by atoms with Crippen molar-refractivity contribution in [2.75, 3.05) is 5.73 Å². The fourth-order valence-corrected chi connectivity index (χ4v) is 3.06. The quantitative estimate of drug-likeness (QED) is 0.595. The molecule has 2 aromatic carbocycles. The third-order valence-electron chi connectivity index (χ3n) is 3.17. The fraction of sp³-hybridized carbons (Fsp3) is 0.125. The number of carbonyl (C=O) groups excluding carboxylic acids is 1. The SMILES string of the molecule is Nc1sc2ccccc2[n+]1CC(=O)OCc1ccccc1. The molecule has 0 aliphatic carbocycles. The maximum Gasteiger partial charge on any atom is 0.348 e. The number of esters is 1. The molecule has 4 nitrogen and oxygen atoms in total. The molecule has 0 aliphatic rings. The van der Waals surface area contributed by atoms with Gasteiger partial charge in [-0.2, -0.15) is 0 Å². The number of rotatable bonds is 4. The number of thiazole rings is 1. The van der Waals surface area contributed by atoms with Crippen LogP contribution in [0.2, 0.25) is 0 Å². The average Bonchev–Trinajstić information content (AvgIpc) is 2.82. The molecule has 3 rings (SSSR count). The molecule has 2 N–H and O–H groups in total. The monoisotopic (exact) mass is 299 g/mol. The fourth-order valence-electron chi connectivity index (χ4n) is 2.13. The summed E-state index contributed by atoms with van der Waals surface area (Å²) in [6.45, 7) is 0.408. The van der Waals surface area contributed by atoms with Gasteiger partial charge in [-0.1, -0.05) is 42.5 Å². The lowest BCUT2D eigenvalue weighted by atomic mass is 10.2. The summed E-state index contributed by atoms with van der Waals surface area (Å²) in [5, 5.41) is 0.605. The molecule has 0 saturated heterocycles. The first-order valence-electron chi connectivity index (χ1n) is 6.60. The number of hydrogen-bond donors (Lipinski definition) is 1. The van der Waals surface area contributed by atoms with E-state index in [1.807, 2.05) is 54.6 Å². The van der Waals surface area contributed by atoms with Crippen LogP contribution < -0.4 is 10.3 Å². The van der Waals surface area contributed by atoms with E-state index in [1.54, 1.807) is 4.57 Å². The zero-order chi connectivity index (χ0) is 14.7. The number of para-hydroxylation sites is 1. The second kappa shape index (κ2) is 5.93. The number of benzene rings is 2. The summed E-state index contributed by atoms with van der Waals surface area (Å²) in [7, 11) is 0. The van der Waals surface area contributed by atoms with Crippen molar-refractivity contribution in [3.63, 3.8) is 0 Å². The van der Waals surface area contributed by atoms with Gasteiger partial charge < -0.3 is 4.74 Å². The minimum Gasteiger partial charge on any atom is -0.458 e. The normalized spacial score (nSPS) is 10.7. The van der Waals surface area contributed by atoms with Gasteiger partial charge in [0.1, 0.15) is 12.1 Å². The van der Waals surface area contributed by atoms with Crippen LogP contribution in [0, 0.1) is 0 Å². The number of nitrogen functional groups attached to an aromatic ring is 1. The highest BCUT2D eigenvalue weighted by atomic mass is 32.1. The van der Waals surface area contributed by atoms with Crippen molar-refractivity contribution in [2.24, 2.45) is 0 Å². The lowest BCUT2D eigenvalue weighted by molar-refractivity contribution is -0.642. The topological polar surface area (TPSA) is 56.2 Å². The van der Waals surface area contributed by atoms with E-state index in [0.717, 1.165) is 15.8 Å². The summed E-state index contributed by atoms with van der Waals surface area (Å²) >= 11 is 1.47. The number of carbonyl (C=O) groups is 1. The molecule has 1 heterocycles. The number of aromatic nitrogens is 1. The predicted molar refractivity (Wildman–Crippen MR) is 82.7 cm³/mol. The van der Waals surface area contributed by atoms with E-state index in [-0.39, 0.29) is 19.1 Å². The molecule has 5 heteroatoms. The maximum absolute atomic E-state index is 12.0. The van der Waals surface area contributed by atoms with Crippen LogP contribution in [-0.4, -0.2) is 5.97 Å². The number of hydrogen-bond acceptors (Lipinski definition) is 4. The summed E-state index contributed by atoms with van der Waals surface area (Å²) in [5.41, 5.74) is 7.91. The molecule has 0 radical (unpaired) electrons. The van der Waals surface area contributed by atoms with Crippen molar-refractivity contribution in [3.8, 4) is 0 Å². The van der Waals surface area contributed by atoms with E-state index >= 15 is 0 Å². The van der Waals surface area contributed by atoms with E-state index in [0.29, 0.717) is 5.13 Å². The Kier molecular flexibility index (Phi) is 3.83. The Morgan fingerprint density at radius 1 is 1.10 bits per heavy atom. The van der Waals surface area contributed by atoms with Gasteiger partial charge in [0, 0.05) is 0 Å². The molecule has 106 valence electrons. The van der Waals surface area contributed by atoms with Gasteiger partial charge in [-0.15, -0.1) is 0 Å². The second-order valence-corrected chi connectivity index (χ2v) is 5.70. The summed E-state index contributed by atoms with van der Waals surface area (Å²) in [4.78, 5) is 12.0. The van der Waals surface area contributed by atoms with E-state index in [2.05, 4.69) is 0 Å². The maximum atomic E-state index is 12.0. The molecule has 0 bridgehead atoms. The molecule has 0 unspecified atom stereocenters. The first-order chi connectivity index (χ1) is 10.2. The zero-order valence-corrected chi connectivity index (χ0v) is 12.2. The first-order valence-corrected chi connectivity index (χ1v) is 7.42. The summed E-state index contributed by atoms with van der Waals surface area (Å²) < 4.78 is 8.14. The van der Waals surface area contributed by atoms with Crippen molar-refractivity contribution < 1.29 is 14.1 Å². The summed E-state index contributed by atoms with van der Waals surface area (Å²) in [6.07, 6.45) is 0. The Hall–Kier alpha value is -2.40. The van der Waals surface area contributed by atoms with Crippen LogP contribution in [0.3, 0.4) is 0 Å². The highest BCUT2D eigenvalue weighted by Gasteiger charge is 2.18. The van der Waals surface area contributed by atoms with E-state index in [1.165, 1.54) is 11.3 Å². The standard InChI is InChI=1S/C16H14N2O2S/c17-16-18(13-8-4-5-9-14(13)21-16)10-15(19)20-11-12-6-2-1-3-7-12/h1-9,17H,10-11H2/p+1. The lowest BCUT2D eigenvalue weighted by Gasteiger charge is -2.04. The summed E-state index contributed by atoms with van der Waals surface area (Å²) in [5.74, 6) is -0.292. The second-order valence-electron chi connectivity index (χ2n) is 4.64. The van der Waals surface area contributed by atoms with Gasteiger partial charge in [-0.25, -0.2) is 9.36 Å². The zero-order valence-electron chi connectivity index (χ0n) is 11.4. The number of fused-ring (bicyclic) bond motifs is 1. The minimum atomic E-state index is -0.292. The third kappa shape index (κ3) is 3.03. The highest BCUT2D eigenvalue weighted by Crippen LogP contribution is 2.21. The van der Waals surface area contributed by atoms with Crippen molar-refractivity contribution in [3.05, 3.63) is 60.2 Å². The molecular weight excluding hydrogens is 284 g/mol. The third-order valence-corrected chi connectivity index (χ3v) is 4.16. The molecule has 21 heavy (non-hydrogen) atoms. The van der Waals surface area contributed by atoms with E-state index in [4.69, 9.17) is 10.5 Å².